The maximum atomic E-state index is 12.2. The standard InChI is InChI=1S/C18H15N2O/c19-13-14-4-3-5-17(12-14)15-6-8-16(9-7-15)18(21)20-10-1-2-11-20/h3-8,12H,1-2,10-11H2. The lowest BCUT2D eigenvalue weighted by atomic mass is 10.0. The number of nitrogens with zero attached hydrogens (tertiary/aromatic N) is 2. The van der Waals surface area contributed by atoms with Crippen LogP contribution in [0.4, 0.5) is 0 Å². The lowest BCUT2D eigenvalue weighted by Crippen LogP contribution is -2.27. The highest BCUT2D eigenvalue weighted by Gasteiger charge is 2.19. The van der Waals surface area contributed by atoms with Crippen molar-refractivity contribution in [2.75, 3.05) is 13.1 Å². The van der Waals surface area contributed by atoms with Crippen LogP contribution in [0.2, 0.25) is 0 Å². The quantitative estimate of drug-likeness (QED) is 0.844. The van der Waals surface area contributed by atoms with Crippen LogP contribution >= 0.6 is 0 Å². The van der Waals surface area contributed by atoms with Gasteiger partial charge < -0.3 is 4.90 Å². The van der Waals surface area contributed by atoms with Gasteiger partial charge >= 0.3 is 0 Å². The van der Waals surface area contributed by atoms with Gasteiger partial charge in [-0.25, -0.2) is 0 Å². The van der Waals surface area contributed by atoms with Crippen molar-refractivity contribution >= 4 is 5.91 Å². The molecule has 0 unspecified atom stereocenters. The molecule has 1 fully saturated rings. The second kappa shape index (κ2) is 5.80. The van der Waals surface area contributed by atoms with Gasteiger partial charge in [-0.2, -0.15) is 5.26 Å². The first-order chi connectivity index (χ1) is 10.3. The third-order valence-electron chi connectivity index (χ3n) is 3.76. The molecule has 2 aromatic carbocycles. The van der Waals surface area contributed by atoms with E-state index >= 15 is 0 Å². The molecule has 3 rings (SSSR count). The number of nitriles is 1. The number of carbonyl (C=O) groups is 1. The third-order valence-corrected chi connectivity index (χ3v) is 3.76. The zero-order valence-electron chi connectivity index (χ0n) is 11.7. The largest absolute Gasteiger partial charge is 0.339 e. The van der Waals surface area contributed by atoms with Gasteiger partial charge in [0.15, 0.2) is 0 Å². The van der Waals surface area contributed by atoms with Crippen molar-refractivity contribution in [1.29, 1.82) is 5.26 Å². The maximum Gasteiger partial charge on any atom is 0.254 e. The fraction of sp³-hybridized carbons (Fsp3) is 0.222. The Morgan fingerprint density at radius 1 is 1.14 bits per heavy atom. The molecule has 1 saturated heterocycles. The van der Waals surface area contributed by atoms with E-state index < -0.39 is 0 Å². The van der Waals surface area contributed by atoms with Crippen LogP contribution in [-0.4, -0.2) is 23.9 Å². The fourth-order valence-corrected chi connectivity index (χ4v) is 2.60. The van der Waals surface area contributed by atoms with E-state index in [1.807, 2.05) is 41.3 Å². The summed E-state index contributed by atoms with van der Waals surface area (Å²) in [6.45, 7) is 1.69. The Morgan fingerprint density at radius 2 is 1.95 bits per heavy atom. The summed E-state index contributed by atoms with van der Waals surface area (Å²) in [6.07, 6.45) is 2.18. The van der Waals surface area contributed by atoms with E-state index in [4.69, 9.17) is 5.26 Å². The molecular weight excluding hydrogens is 260 g/mol. The SMILES string of the molecule is N#Cc1cccc(-c2c[c]c(C(=O)N3CCCC3)cc2)c1. The van der Waals surface area contributed by atoms with E-state index in [0.29, 0.717) is 11.1 Å². The molecule has 1 aliphatic heterocycles. The smallest absolute Gasteiger partial charge is 0.254 e. The van der Waals surface area contributed by atoms with Gasteiger partial charge in [-0.05, 0) is 54.3 Å². The molecular formula is C18H15N2O. The van der Waals surface area contributed by atoms with E-state index in [1.54, 1.807) is 6.07 Å². The summed E-state index contributed by atoms with van der Waals surface area (Å²) in [4.78, 5) is 14.1. The summed E-state index contributed by atoms with van der Waals surface area (Å²) in [6, 6.07) is 18.2. The highest BCUT2D eigenvalue weighted by molar-refractivity contribution is 5.94. The summed E-state index contributed by atoms with van der Waals surface area (Å²) >= 11 is 0. The van der Waals surface area contributed by atoms with E-state index in [0.717, 1.165) is 37.1 Å². The fourth-order valence-electron chi connectivity index (χ4n) is 2.60. The summed E-state index contributed by atoms with van der Waals surface area (Å²) < 4.78 is 0. The lowest BCUT2D eigenvalue weighted by molar-refractivity contribution is 0.0792. The Morgan fingerprint density at radius 3 is 2.62 bits per heavy atom. The second-order valence-electron chi connectivity index (χ2n) is 5.18. The average molecular weight is 275 g/mol. The first-order valence-corrected chi connectivity index (χ1v) is 7.09. The Bertz CT molecular complexity index is 692. The molecule has 0 aromatic heterocycles. The molecule has 1 radical (unpaired) electrons. The van der Waals surface area contributed by atoms with Gasteiger partial charge in [-0.15, -0.1) is 0 Å². The van der Waals surface area contributed by atoms with Crippen molar-refractivity contribution < 1.29 is 4.79 Å². The van der Waals surface area contributed by atoms with Gasteiger partial charge in [0.2, 0.25) is 0 Å². The van der Waals surface area contributed by atoms with Gasteiger partial charge in [0.1, 0.15) is 0 Å². The van der Waals surface area contributed by atoms with Crippen molar-refractivity contribution in [1.82, 2.24) is 4.90 Å². The summed E-state index contributed by atoms with van der Waals surface area (Å²) in [5.74, 6) is 0.0600. The Labute approximate surface area is 124 Å². The van der Waals surface area contributed by atoms with Gasteiger partial charge in [0, 0.05) is 18.7 Å². The molecule has 21 heavy (non-hydrogen) atoms. The van der Waals surface area contributed by atoms with Crippen LogP contribution < -0.4 is 0 Å². The molecule has 3 heteroatoms. The third kappa shape index (κ3) is 2.80. The molecule has 3 nitrogen and oxygen atoms in total. The van der Waals surface area contributed by atoms with E-state index in [1.165, 1.54) is 0 Å². The van der Waals surface area contributed by atoms with Gasteiger partial charge in [0.25, 0.3) is 5.91 Å². The van der Waals surface area contributed by atoms with Crippen LogP contribution in [0.25, 0.3) is 11.1 Å². The predicted molar refractivity (Wildman–Crippen MR) is 80.6 cm³/mol. The van der Waals surface area contributed by atoms with Crippen LogP contribution in [0.5, 0.6) is 0 Å². The number of hydrogen-bond acceptors (Lipinski definition) is 2. The first kappa shape index (κ1) is 13.4. The lowest BCUT2D eigenvalue weighted by Gasteiger charge is -2.15. The maximum absolute atomic E-state index is 12.2. The number of hydrogen-bond donors (Lipinski definition) is 0. The minimum atomic E-state index is 0.0600. The van der Waals surface area contributed by atoms with E-state index in [-0.39, 0.29) is 5.91 Å². The number of benzene rings is 2. The molecule has 1 heterocycles. The van der Waals surface area contributed by atoms with Gasteiger partial charge in [0.05, 0.1) is 11.6 Å². The van der Waals surface area contributed by atoms with E-state index in [9.17, 15) is 4.79 Å². The molecule has 0 saturated carbocycles. The molecule has 2 aromatic rings. The molecule has 103 valence electrons. The second-order valence-corrected chi connectivity index (χ2v) is 5.18. The van der Waals surface area contributed by atoms with Crippen molar-refractivity contribution in [2.45, 2.75) is 12.8 Å². The molecule has 1 aliphatic rings. The van der Waals surface area contributed by atoms with Crippen LogP contribution in [0.3, 0.4) is 0 Å². The van der Waals surface area contributed by atoms with Crippen LogP contribution in [0.15, 0.2) is 42.5 Å². The summed E-state index contributed by atoms with van der Waals surface area (Å²) in [5, 5.41) is 8.94. The van der Waals surface area contributed by atoms with Gasteiger partial charge in [-0.3, -0.25) is 4.79 Å². The highest BCUT2D eigenvalue weighted by atomic mass is 16.2. The molecule has 1 amide bonds. The zero-order chi connectivity index (χ0) is 14.7. The molecule has 0 atom stereocenters. The van der Waals surface area contributed by atoms with Crippen LogP contribution in [-0.2, 0) is 0 Å². The van der Waals surface area contributed by atoms with Crippen molar-refractivity contribution in [3.63, 3.8) is 0 Å². The number of carbonyl (C=O) groups excluding carboxylic acids is 1. The van der Waals surface area contributed by atoms with E-state index in [2.05, 4.69) is 12.1 Å². The minimum absolute atomic E-state index is 0.0600. The summed E-state index contributed by atoms with van der Waals surface area (Å²) in [7, 11) is 0. The molecule has 0 spiro atoms. The van der Waals surface area contributed by atoms with Crippen molar-refractivity contribution in [2.24, 2.45) is 0 Å². The average Bonchev–Trinajstić information content (AvgIpc) is 3.09. The monoisotopic (exact) mass is 275 g/mol. The number of rotatable bonds is 2. The minimum Gasteiger partial charge on any atom is -0.339 e. The number of likely N-dealkylation sites (tertiary alicyclic amines) is 1. The molecule has 0 aliphatic carbocycles. The van der Waals surface area contributed by atoms with Crippen molar-refractivity contribution in [3.05, 3.63) is 59.7 Å². The first-order valence-electron chi connectivity index (χ1n) is 7.09. The normalized spacial score (nSPS) is 14.0. The number of amides is 1. The Hall–Kier alpha value is -2.60. The van der Waals surface area contributed by atoms with Gasteiger partial charge in [-0.1, -0.05) is 18.2 Å². The van der Waals surface area contributed by atoms with Crippen LogP contribution in [0.1, 0.15) is 28.8 Å². The molecule has 0 bridgehead atoms. The molecule has 0 N–H and O–H groups in total. The predicted octanol–water partition coefficient (Wildman–Crippen LogP) is 3.26. The van der Waals surface area contributed by atoms with Crippen LogP contribution in [0, 0.1) is 17.4 Å². The highest BCUT2D eigenvalue weighted by Crippen LogP contribution is 2.21. The Balaban J connectivity index is 1.83. The summed E-state index contributed by atoms with van der Waals surface area (Å²) in [5.41, 5.74) is 3.16. The van der Waals surface area contributed by atoms with Crippen molar-refractivity contribution in [3.8, 4) is 17.2 Å². The Kier molecular flexibility index (Phi) is 3.70. The zero-order valence-corrected chi connectivity index (χ0v) is 11.7. The topological polar surface area (TPSA) is 44.1 Å².